The highest BCUT2D eigenvalue weighted by Crippen LogP contribution is 2.32. The van der Waals surface area contributed by atoms with Gasteiger partial charge in [-0.3, -0.25) is 0 Å². The third-order valence-electron chi connectivity index (χ3n) is 6.83. The van der Waals surface area contributed by atoms with Crippen molar-refractivity contribution in [3.63, 3.8) is 0 Å². The Bertz CT molecular complexity index is 1400. The zero-order chi connectivity index (χ0) is 25.1. The maximum absolute atomic E-state index is 14.7. The fourth-order valence-corrected chi connectivity index (χ4v) is 4.87. The van der Waals surface area contributed by atoms with Gasteiger partial charge in [0.05, 0.1) is 5.69 Å². The summed E-state index contributed by atoms with van der Waals surface area (Å²) in [7, 11) is 2.18. The molecule has 3 heterocycles. The maximum atomic E-state index is 14.7. The van der Waals surface area contributed by atoms with Crippen LogP contribution in [0, 0.1) is 5.82 Å². The van der Waals surface area contributed by atoms with E-state index in [0.29, 0.717) is 21.9 Å². The van der Waals surface area contributed by atoms with E-state index in [1.54, 1.807) is 18.5 Å². The first kappa shape index (κ1) is 24.2. The first-order chi connectivity index (χ1) is 17.5. The van der Waals surface area contributed by atoms with Crippen molar-refractivity contribution in [1.29, 1.82) is 0 Å². The molecular weight excluding hydrogens is 473 g/mol. The molecule has 0 atom stereocenters. The van der Waals surface area contributed by atoms with Crippen LogP contribution < -0.4 is 5.73 Å². The molecule has 184 valence electrons. The Labute approximate surface area is 216 Å². The number of nitrogens with zero attached hydrogens (tertiary/aromatic N) is 4. The Morgan fingerprint density at radius 1 is 1.08 bits per heavy atom. The van der Waals surface area contributed by atoms with Crippen molar-refractivity contribution >= 4 is 28.2 Å². The average molecular weight is 502 g/mol. The Morgan fingerprint density at radius 2 is 1.92 bits per heavy atom. The quantitative estimate of drug-likeness (QED) is 0.448. The van der Waals surface area contributed by atoms with Crippen molar-refractivity contribution in [2.24, 2.45) is 5.73 Å². The Hall–Kier alpha value is -3.48. The van der Waals surface area contributed by atoms with E-state index >= 15 is 0 Å². The largest absolute Gasteiger partial charge is 0.404 e. The topological polar surface area (TPSA) is 58.3 Å². The third kappa shape index (κ3) is 5.20. The molecule has 2 N–H and O–H groups in total. The Balaban J connectivity index is 1.45. The van der Waals surface area contributed by atoms with Crippen LogP contribution in [0.1, 0.15) is 18.4 Å². The summed E-state index contributed by atoms with van der Waals surface area (Å²) in [4.78, 5) is 13.9. The number of likely N-dealkylation sites (N-methyl/N-ethyl adjacent to an activating group) is 1. The number of hydrogen-bond acceptors (Lipinski definition) is 5. The van der Waals surface area contributed by atoms with Gasteiger partial charge in [-0.05, 0) is 79.1 Å². The SMILES string of the molecule is CN1CCN(C2=CC=C(/C=C/C(=C\N)c3cc(-c4cc(Cl)ccc4F)nc4ncccc34)CC2)CC1. The molecule has 0 amide bonds. The van der Waals surface area contributed by atoms with E-state index in [4.69, 9.17) is 17.3 Å². The smallest absolute Gasteiger partial charge is 0.160 e. The van der Waals surface area contributed by atoms with Crippen LogP contribution in [0.2, 0.25) is 5.02 Å². The first-order valence-electron chi connectivity index (χ1n) is 12.2. The van der Waals surface area contributed by atoms with Crippen molar-refractivity contribution in [3.8, 4) is 11.3 Å². The molecule has 0 spiro atoms. The van der Waals surface area contributed by atoms with Gasteiger partial charge in [0.1, 0.15) is 5.82 Å². The van der Waals surface area contributed by atoms with Gasteiger partial charge in [-0.1, -0.05) is 29.8 Å². The van der Waals surface area contributed by atoms with Crippen LogP contribution in [-0.4, -0.2) is 53.0 Å². The van der Waals surface area contributed by atoms with Crippen molar-refractivity contribution in [2.45, 2.75) is 12.8 Å². The number of hydrogen-bond donors (Lipinski definition) is 1. The molecule has 0 bridgehead atoms. The van der Waals surface area contributed by atoms with Crippen molar-refractivity contribution < 1.29 is 4.39 Å². The molecule has 5 rings (SSSR count). The molecule has 1 aliphatic heterocycles. The van der Waals surface area contributed by atoms with Crippen LogP contribution in [0.25, 0.3) is 27.9 Å². The lowest BCUT2D eigenvalue weighted by molar-refractivity contribution is 0.182. The maximum Gasteiger partial charge on any atom is 0.160 e. The number of halogens is 2. The first-order valence-corrected chi connectivity index (χ1v) is 12.5. The zero-order valence-corrected chi connectivity index (χ0v) is 21.0. The van der Waals surface area contributed by atoms with Crippen molar-refractivity contribution in [2.75, 3.05) is 33.2 Å². The predicted octanol–water partition coefficient (Wildman–Crippen LogP) is 5.80. The highest BCUT2D eigenvalue weighted by molar-refractivity contribution is 6.30. The summed E-state index contributed by atoms with van der Waals surface area (Å²) in [5.41, 5.74) is 11.7. The summed E-state index contributed by atoms with van der Waals surface area (Å²) in [5.74, 6) is -0.391. The fourth-order valence-electron chi connectivity index (χ4n) is 4.70. The van der Waals surface area contributed by atoms with E-state index in [1.807, 2.05) is 24.3 Å². The zero-order valence-electron chi connectivity index (χ0n) is 20.3. The second kappa shape index (κ2) is 10.6. The molecule has 0 unspecified atom stereocenters. The lowest BCUT2D eigenvalue weighted by atomic mass is 9.97. The molecule has 1 aliphatic carbocycles. The van der Waals surface area contributed by atoms with Crippen molar-refractivity contribution in [1.82, 2.24) is 19.8 Å². The summed E-state index contributed by atoms with van der Waals surface area (Å²) >= 11 is 6.15. The van der Waals surface area contributed by atoms with Crippen LogP contribution in [0.4, 0.5) is 4.39 Å². The number of nitrogens with two attached hydrogens (primary N) is 1. The molecule has 1 saturated heterocycles. The standard InChI is InChI=1S/C29H29ClFN5/c1-35-13-15-36(16-14-35)23-9-5-20(6-10-23)4-7-21(19-32)25-18-28(26-17-22(30)8-11-27(26)31)34-29-24(25)3-2-12-33-29/h2-5,7-9,11-12,17-19H,6,10,13-16,32H2,1H3/b7-4+,21-19+. The minimum Gasteiger partial charge on any atom is -0.404 e. The van der Waals surface area contributed by atoms with Crippen LogP contribution in [0.15, 0.2) is 84.4 Å². The number of piperazine rings is 1. The normalized spacial score (nSPS) is 17.5. The van der Waals surface area contributed by atoms with Crippen LogP contribution in [0.3, 0.4) is 0 Å². The van der Waals surface area contributed by atoms with Crippen molar-refractivity contribution in [3.05, 3.63) is 101 Å². The Morgan fingerprint density at radius 3 is 2.67 bits per heavy atom. The van der Waals surface area contributed by atoms with E-state index in [0.717, 1.165) is 55.5 Å². The number of allylic oxidation sites excluding steroid dienone is 7. The number of aromatic nitrogens is 2. The lowest BCUT2D eigenvalue weighted by Gasteiger charge is -2.36. The minimum atomic E-state index is -0.391. The molecule has 2 aliphatic rings. The fraction of sp³-hybridized carbons (Fsp3) is 0.241. The van der Waals surface area contributed by atoms with Gasteiger partial charge in [-0.2, -0.15) is 0 Å². The summed E-state index contributed by atoms with van der Waals surface area (Å²) < 4.78 is 14.7. The predicted molar refractivity (Wildman–Crippen MR) is 146 cm³/mol. The second-order valence-corrected chi connectivity index (χ2v) is 9.64. The highest BCUT2D eigenvalue weighted by Gasteiger charge is 2.18. The number of benzene rings is 1. The van der Waals surface area contributed by atoms with Gasteiger partial charge in [-0.25, -0.2) is 14.4 Å². The Kier molecular flexibility index (Phi) is 7.16. The summed E-state index contributed by atoms with van der Waals surface area (Å²) in [5, 5.41) is 1.29. The highest BCUT2D eigenvalue weighted by atomic mass is 35.5. The summed E-state index contributed by atoms with van der Waals surface area (Å²) in [6.45, 7) is 4.38. The lowest BCUT2D eigenvalue weighted by Crippen LogP contribution is -2.43. The molecule has 1 fully saturated rings. The van der Waals surface area contributed by atoms with E-state index in [1.165, 1.54) is 23.4 Å². The van der Waals surface area contributed by atoms with Crippen LogP contribution >= 0.6 is 11.6 Å². The molecule has 7 heteroatoms. The van der Waals surface area contributed by atoms with Gasteiger partial charge in [0.2, 0.25) is 0 Å². The van der Waals surface area contributed by atoms with Gasteiger partial charge < -0.3 is 15.5 Å². The summed E-state index contributed by atoms with van der Waals surface area (Å²) in [6, 6.07) is 10.1. The van der Waals surface area contributed by atoms with E-state index in [-0.39, 0.29) is 0 Å². The molecule has 0 radical (unpaired) electrons. The average Bonchev–Trinajstić information content (AvgIpc) is 2.91. The molecule has 36 heavy (non-hydrogen) atoms. The van der Waals surface area contributed by atoms with Crippen LogP contribution in [-0.2, 0) is 0 Å². The van der Waals surface area contributed by atoms with Crippen LogP contribution in [0.5, 0.6) is 0 Å². The molecule has 5 nitrogen and oxygen atoms in total. The van der Waals surface area contributed by atoms with Gasteiger partial charge >= 0.3 is 0 Å². The van der Waals surface area contributed by atoms with Gasteiger partial charge in [0.25, 0.3) is 0 Å². The monoisotopic (exact) mass is 501 g/mol. The van der Waals surface area contributed by atoms with Gasteiger partial charge in [0.15, 0.2) is 5.65 Å². The molecule has 2 aromatic heterocycles. The minimum absolute atomic E-state index is 0.327. The number of fused-ring (bicyclic) bond motifs is 1. The molecule has 3 aromatic rings. The van der Waals surface area contributed by atoms with E-state index in [9.17, 15) is 4.39 Å². The second-order valence-electron chi connectivity index (χ2n) is 9.20. The third-order valence-corrected chi connectivity index (χ3v) is 7.06. The van der Waals surface area contributed by atoms with E-state index in [2.05, 4.69) is 45.0 Å². The van der Waals surface area contributed by atoms with E-state index < -0.39 is 5.82 Å². The molecule has 0 saturated carbocycles. The molecular formula is C29H29ClFN5. The van der Waals surface area contributed by atoms with Gasteiger partial charge in [0, 0.05) is 60.2 Å². The summed E-state index contributed by atoms with van der Waals surface area (Å²) in [6.07, 6.45) is 13.8. The van der Waals surface area contributed by atoms with Gasteiger partial charge in [-0.15, -0.1) is 0 Å². The number of rotatable bonds is 5. The molecule has 1 aromatic carbocycles. The number of pyridine rings is 2.